The average Bonchev–Trinajstić information content (AvgIpc) is 2.12. The first kappa shape index (κ1) is 11.6. The van der Waals surface area contributed by atoms with Crippen molar-refractivity contribution >= 4 is 0 Å². The first-order chi connectivity index (χ1) is 5.71. The molecule has 1 atom stereocenters. The highest BCUT2D eigenvalue weighted by molar-refractivity contribution is 5.08. The lowest BCUT2D eigenvalue weighted by atomic mass is 9.91. The Hall–Kier alpha value is -0.400. The van der Waals surface area contributed by atoms with Crippen molar-refractivity contribution in [2.45, 2.75) is 46.2 Å². The summed E-state index contributed by atoms with van der Waals surface area (Å²) < 4.78 is 25.4. The van der Waals surface area contributed by atoms with Gasteiger partial charge in [0.1, 0.15) is 6.17 Å². The average molecular weight is 176 g/mol. The van der Waals surface area contributed by atoms with Gasteiger partial charge in [-0.25, -0.2) is 8.78 Å². The number of halogens is 2. The molecular formula is C10H18F2. The quantitative estimate of drug-likeness (QED) is 0.593. The van der Waals surface area contributed by atoms with Crippen molar-refractivity contribution in [1.29, 1.82) is 0 Å². The minimum atomic E-state index is -1.10. The second-order valence-electron chi connectivity index (χ2n) is 3.00. The fourth-order valence-corrected chi connectivity index (χ4v) is 1.41. The van der Waals surface area contributed by atoms with Gasteiger partial charge in [0.2, 0.25) is 0 Å². The maximum Gasteiger partial charge on any atom is 0.124 e. The number of allylic oxidation sites excluding steroid dienone is 1. The van der Waals surface area contributed by atoms with E-state index < -0.39 is 6.17 Å². The molecule has 0 heterocycles. The highest BCUT2D eigenvalue weighted by Gasteiger charge is 2.18. The third-order valence-corrected chi connectivity index (χ3v) is 2.30. The van der Waals surface area contributed by atoms with Gasteiger partial charge in [-0.1, -0.05) is 20.8 Å². The van der Waals surface area contributed by atoms with Gasteiger partial charge in [-0.15, -0.1) is 0 Å². The Morgan fingerprint density at radius 1 is 1.17 bits per heavy atom. The van der Waals surface area contributed by atoms with Gasteiger partial charge in [0, 0.05) is 0 Å². The Kier molecular flexibility index (Phi) is 5.95. The molecule has 0 aromatic heterocycles. The van der Waals surface area contributed by atoms with Crippen LogP contribution in [-0.2, 0) is 0 Å². The molecule has 0 saturated carbocycles. The summed E-state index contributed by atoms with van der Waals surface area (Å²) in [7, 11) is 0. The smallest absolute Gasteiger partial charge is 0.124 e. The molecule has 0 aliphatic carbocycles. The summed E-state index contributed by atoms with van der Waals surface area (Å²) in [6.45, 7) is 5.65. The molecule has 12 heavy (non-hydrogen) atoms. The van der Waals surface area contributed by atoms with Crippen LogP contribution in [0.25, 0.3) is 0 Å². The zero-order valence-electron chi connectivity index (χ0n) is 8.11. The van der Waals surface area contributed by atoms with Crippen molar-refractivity contribution in [2.24, 2.45) is 5.92 Å². The summed E-state index contributed by atoms with van der Waals surface area (Å²) in [5.74, 6) is 0.0740. The zero-order valence-corrected chi connectivity index (χ0v) is 8.11. The van der Waals surface area contributed by atoms with Crippen molar-refractivity contribution in [3.63, 3.8) is 0 Å². The highest BCUT2D eigenvalue weighted by atomic mass is 19.1. The van der Waals surface area contributed by atoms with Gasteiger partial charge in [-0.05, 0) is 30.8 Å². The van der Waals surface area contributed by atoms with Gasteiger partial charge in [0.25, 0.3) is 0 Å². The van der Waals surface area contributed by atoms with E-state index in [-0.39, 0.29) is 5.92 Å². The first-order valence-electron chi connectivity index (χ1n) is 4.65. The Balaban J connectivity index is 4.32. The summed E-state index contributed by atoms with van der Waals surface area (Å²) in [6, 6.07) is 0. The number of hydrogen-bond donors (Lipinski definition) is 0. The Bertz CT molecular complexity index is 137. The third kappa shape index (κ3) is 2.92. The molecule has 0 aliphatic rings. The van der Waals surface area contributed by atoms with Crippen LogP contribution in [0.4, 0.5) is 8.78 Å². The molecule has 0 aromatic rings. The van der Waals surface area contributed by atoms with Crippen LogP contribution in [0, 0.1) is 5.92 Å². The van der Waals surface area contributed by atoms with Gasteiger partial charge in [-0.2, -0.15) is 0 Å². The molecule has 0 saturated heterocycles. The number of hydrogen-bond acceptors (Lipinski definition) is 0. The van der Waals surface area contributed by atoms with Crippen molar-refractivity contribution in [3.8, 4) is 0 Å². The van der Waals surface area contributed by atoms with Gasteiger partial charge >= 0.3 is 0 Å². The number of rotatable bonds is 5. The van der Waals surface area contributed by atoms with Gasteiger partial charge in [-0.3, -0.25) is 0 Å². The van der Waals surface area contributed by atoms with Crippen molar-refractivity contribution in [3.05, 3.63) is 11.9 Å². The Morgan fingerprint density at radius 2 is 1.67 bits per heavy atom. The van der Waals surface area contributed by atoms with Crippen LogP contribution in [0.3, 0.4) is 0 Å². The summed E-state index contributed by atoms with van der Waals surface area (Å²) in [5, 5.41) is 0. The van der Waals surface area contributed by atoms with Crippen LogP contribution in [0.5, 0.6) is 0 Å². The summed E-state index contributed by atoms with van der Waals surface area (Å²) >= 11 is 0. The van der Waals surface area contributed by atoms with E-state index in [0.717, 1.165) is 12.8 Å². The predicted octanol–water partition coefficient (Wildman–Crippen LogP) is 4.02. The lowest BCUT2D eigenvalue weighted by molar-refractivity contribution is 0.329. The lowest BCUT2D eigenvalue weighted by Crippen LogP contribution is -2.12. The van der Waals surface area contributed by atoms with E-state index in [9.17, 15) is 8.78 Å². The van der Waals surface area contributed by atoms with Gasteiger partial charge < -0.3 is 0 Å². The molecule has 0 spiro atoms. The molecule has 0 bridgehead atoms. The second-order valence-corrected chi connectivity index (χ2v) is 3.00. The van der Waals surface area contributed by atoms with Crippen molar-refractivity contribution in [2.75, 3.05) is 0 Å². The zero-order chi connectivity index (χ0) is 9.56. The molecule has 72 valence electrons. The van der Waals surface area contributed by atoms with Crippen LogP contribution in [0.15, 0.2) is 11.9 Å². The highest BCUT2D eigenvalue weighted by Crippen LogP contribution is 2.25. The van der Waals surface area contributed by atoms with Gasteiger partial charge in [0.05, 0.1) is 6.33 Å². The fourth-order valence-electron chi connectivity index (χ4n) is 1.41. The van der Waals surface area contributed by atoms with E-state index in [4.69, 9.17) is 0 Å². The van der Waals surface area contributed by atoms with E-state index in [1.165, 1.54) is 0 Å². The van der Waals surface area contributed by atoms with Crippen LogP contribution >= 0.6 is 0 Å². The molecular weight excluding hydrogens is 158 g/mol. The molecule has 0 amide bonds. The van der Waals surface area contributed by atoms with E-state index in [1.807, 2.05) is 13.8 Å². The molecule has 0 rings (SSSR count). The van der Waals surface area contributed by atoms with Crippen LogP contribution in [0.2, 0.25) is 0 Å². The molecule has 0 aliphatic heterocycles. The molecule has 0 aromatic carbocycles. The lowest BCUT2D eigenvalue weighted by Gasteiger charge is -2.18. The minimum absolute atomic E-state index is 0.0740. The van der Waals surface area contributed by atoms with Crippen molar-refractivity contribution < 1.29 is 8.78 Å². The van der Waals surface area contributed by atoms with Crippen molar-refractivity contribution in [1.82, 2.24) is 0 Å². The predicted molar refractivity (Wildman–Crippen MR) is 48.5 cm³/mol. The summed E-state index contributed by atoms with van der Waals surface area (Å²) in [4.78, 5) is 0. The minimum Gasteiger partial charge on any atom is -0.243 e. The molecule has 1 unspecified atom stereocenters. The Morgan fingerprint density at radius 3 is 1.92 bits per heavy atom. The third-order valence-electron chi connectivity index (χ3n) is 2.30. The molecule has 2 heteroatoms. The monoisotopic (exact) mass is 176 g/mol. The SMILES string of the molecule is CCC(F)/C(=C\F)C(CC)CC. The first-order valence-corrected chi connectivity index (χ1v) is 4.65. The molecule has 0 nitrogen and oxygen atoms in total. The second kappa shape index (κ2) is 6.15. The summed E-state index contributed by atoms with van der Waals surface area (Å²) in [5.41, 5.74) is 0.336. The van der Waals surface area contributed by atoms with E-state index in [1.54, 1.807) is 6.92 Å². The number of alkyl halides is 1. The molecule has 0 fully saturated rings. The normalized spacial score (nSPS) is 15.3. The molecule has 0 N–H and O–H groups in total. The largest absolute Gasteiger partial charge is 0.243 e. The maximum absolute atomic E-state index is 13.1. The van der Waals surface area contributed by atoms with Crippen LogP contribution in [-0.4, -0.2) is 6.17 Å². The Labute approximate surface area is 73.7 Å². The fraction of sp³-hybridized carbons (Fsp3) is 0.800. The summed E-state index contributed by atoms with van der Waals surface area (Å²) in [6.07, 6.45) is 1.34. The van der Waals surface area contributed by atoms with Crippen LogP contribution < -0.4 is 0 Å². The van der Waals surface area contributed by atoms with E-state index >= 15 is 0 Å². The standard InChI is InChI=1S/C10H18F2/c1-4-8(5-2)9(7-11)10(12)6-3/h7-8,10H,4-6H2,1-3H3/b9-7-. The molecule has 0 radical (unpaired) electrons. The van der Waals surface area contributed by atoms with Gasteiger partial charge in [0.15, 0.2) is 0 Å². The topological polar surface area (TPSA) is 0 Å². The van der Waals surface area contributed by atoms with E-state index in [2.05, 4.69) is 0 Å². The van der Waals surface area contributed by atoms with Crippen LogP contribution in [0.1, 0.15) is 40.0 Å². The van der Waals surface area contributed by atoms with E-state index in [0.29, 0.717) is 18.3 Å². The maximum atomic E-state index is 13.1.